The van der Waals surface area contributed by atoms with E-state index in [1.807, 2.05) is 46.1 Å². The van der Waals surface area contributed by atoms with Gasteiger partial charge in [0.15, 0.2) is 23.9 Å². The Morgan fingerprint density at radius 2 is 1.56 bits per heavy atom. The second-order valence-corrected chi connectivity index (χ2v) is 21.6. The first-order valence-corrected chi connectivity index (χ1v) is 24.8. The minimum Gasteiger partial charge on any atom is -0.456 e. The van der Waals surface area contributed by atoms with Gasteiger partial charge in [-0.3, -0.25) is 14.4 Å². The molecular weight excluding hydrogens is 973 g/mol. The second-order valence-electron chi connectivity index (χ2n) is 21.2. The number of esters is 1. The molecule has 3 aliphatic rings. The number of benzene rings is 1. The summed E-state index contributed by atoms with van der Waals surface area (Å²) in [6.07, 6.45) is 0.100. The van der Waals surface area contributed by atoms with E-state index in [-0.39, 0.29) is 94.5 Å². The van der Waals surface area contributed by atoms with E-state index in [0.717, 1.165) is 16.4 Å². The number of halogens is 4. The highest BCUT2D eigenvalue weighted by Gasteiger charge is 2.46. The maximum Gasteiger partial charge on any atom is 0.435 e. The summed E-state index contributed by atoms with van der Waals surface area (Å²) in [5.74, 6) is -1.50. The minimum absolute atomic E-state index is 0.0107. The van der Waals surface area contributed by atoms with Gasteiger partial charge in [0.25, 0.3) is 11.8 Å². The van der Waals surface area contributed by atoms with E-state index in [2.05, 4.69) is 20.4 Å². The zero-order valence-electron chi connectivity index (χ0n) is 42.2. The smallest absolute Gasteiger partial charge is 0.435 e. The number of aromatic nitrogens is 6. The van der Waals surface area contributed by atoms with Crippen molar-refractivity contribution in [3.8, 4) is 17.1 Å². The summed E-state index contributed by atoms with van der Waals surface area (Å²) >= 11 is 6.64. The molecule has 8 rings (SSSR count). The fourth-order valence-corrected chi connectivity index (χ4v) is 10.2. The highest BCUT2D eigenvalue weighted by molar-refractivity contribution is 6.34. The number of rotatable bonds is 12. The number of likely N-dealkylation sites (tertiary alicyclic amines) is 2. The number of anilines is 1. The molecule has 0 spiro atoms. The third kappa shape index (κ3) is 12.0. The van der Waals surface area contributed by atoms with E-state index in [1.165, 1.54) is 36.0 Å². The Balaban J connectivity index is 0.859. The number of quaternary nitrogens is 1. The van der Waals surface area contributed by atoms with Crippen molar-refractivity contribution in [1.82, 2.24) is 43.6 Å². The predicted octanol–water partition coefficient (Wildman–Crippen LogP) is 6.23. The van der Waals surface area contributed by atoms with Gasteiger partial charge in [0.05, 0.1) is 58.7 Å². The molecule has 5 aromatic rings. The molecule has 73 heavy (non-hydrogen) atoms. The summed E-state index contributed by atoms with van der Waals surface area (Å²) in [5, 5.41) is 6.58. The molecule has 4 aromatic heterocycles. The summed E-state index contributed by atoms with van der Waals surface area (Å²) in [7, 11) is 1.41. The van der Waals surface area contributed by atoms with Crippen LogP contribution in [-0.2, 0) is 38.8 Å². The van der Waals surface area contributed by atoms with Crippen molar-refractivity contribution in [2.45, 2.75) is 78.3 Å². The van der Waals surface area contributed by atoms with Crippen molar-refractivity contribution in [1.29, 1.82) is 0 Å². The van der Waals surface area contributed by atoms with Gasteiger partial charge in [0.2, 0.25) is 5.91 Å². The number of pyridine rings is 1. The molecule has 4 amide bonds. The predicted molar refractivity (Wildman–Crippen MR) is 265 cm³/mol. The van der Waals surface area contributed by atoms with Crippen molar-refractivity contribution in [2.24, 2.45) is 24.6 Å². The molecule has 0 radical (unpaired) electrons. The standard InChI is InChI=1S/C50H62ClF3N12O7/c1-48(2,3)72-41(67)30-66(29-31-26-64(27-31)47(71)73-49(4,5)6)22-13-32(14-23-66)45(69)62-18-20-63(21-19-62)46(70)34-9-8-33(24-36(34)51)57-44(68)43-56-25-39(60(43)7)35-28-65(59-42(35)50(52,53)54)40-11-10-38-37(58-40)12-16-61(38)17-15-55/h8-12,16,24-25,28,31-32H,13-15,17-23,26-27,29-30,55H2,1-7H3/p+1. The third-order valence-corrected chi connectivity index (χ3v) is 13.7. The van der Waals surface area contributed by atoms with Crippen LogP contribution >= 0.6 is 11.6 Å². The first-order valence-electron chi connectivity index (χ1n) is 24.4. The fraction of sp³-hybridized carbons (Fsp3) is 0.520. The number of carbonyl (C=O) groups is 5. The van der Waals surface area contributed by atoms with E-state index in [9.17, 15) is 37.1 Å². The van der Waals surface area contributed by atoms with E-state index in [4.69, 9.17) is 26.8 Å². The number of hydrogen-bond donors (Lipinski definition) is 2. The molecular formula is C50H63ClF3N12O7+. The Kier molecular flexibility index (Phi) is 14.8. The first kappa shape index (κ1) is 52.8. The number of nitrogens with two attached hydrogens (primary N) is 1. The molecule has 3 saturated heterocycles. The van der Waals surface area contributed by atoms with E-state index >= 15 is 0 Å². The average Bonchev–Trinajstić information content (AvgIpc) is 4.03. The summed E-state index contributed by atoms with van der Waals surface area (Å²) in [6, 6.07) is 9.41. The number of fused-ring (bicyclic) bond motifs is 1. The highest BCUT2D eigenvalue weighted by atomic mass is 35.5. The van der Waals surface area contributed by atoms with Crippen LogP contribution in [0.1, 0.15) is 81.1 Å². The van der Waals surface area contributed by atoms with Crippen molar-refractivity contribution < 1.29 is 51.1 Å². The summed E-state index contributed by atoms with van der Waals surface area (Å²) in [5.41, 5.74) is 4.64. The fourth-order valence-electron chi connectivity index (χ4n) is 9.92. The molecule has 0 saturated carbocycles. The number of nitrogens with one attached hydrogen (secondary N) is 1. The maximum atomic E-state index is 14.4. The van der Waals surface area contributed by atoms with Crippen molar-refractivity contribution >= 4 is 58.1 Å². The zero-order valence-corrected chi connectivity index (χ0v) is 42.9. The molecule has 0 atom stereocenters. The van der Waals surface area contributed by atoms with Gasteiger partial charge in [-0.25, -0.2) is 24.2 Å². The number of hydrogen-bond acceptors (Lipinski definition) is 11. The number of piperazine rings is 1. The average molecular weight is 1040 g/mol. The number of imidazole rings is 1. The molecule has 3 fully saturated rings. The quantitative estimate of drug-likeness (QED) is 0.106. The molecule has 19 nitrogen and oxygen atoms in total. The molecule has 23 heteroatoms. The Morgan fingerprint density at radius 1 is 0.890 bits per heavy atom. The molecule has 0 bridgehead atoms. The Morgan fingerprint density at radius 3 is 2.19 bits per heavy atom. The maximum absolute atomic E-state index is 14.4. The van der Waals surface area contributed by atoms with Gasteiger partial charge in [-0.1, -0.05) is 11.6 Å². The minimum atomic E-state index is -4.85. The normalized spacial score (nSPS) is 19.0. The van der Waals surface area contributed by atoms with Crippen molar-refractivity contribution in [3.63, 3.8) is 0 Å². The van der Waals surface area contributed by atoms with Crippen LogP contribution in [0.3, 0.4) is 0 Å². The number of carbonyl (C=O) groups excluding carboxylic acids is 5. The summed E-state index contributed by atoms with van der Waals surface area (Å²) in [4.78, 5) is 80.8. The highest BCUT2D eigenvalue weighted by Crippen LogP contribution is 2.37. The molecule has 3 N–H and O–H groups in total. The molecule has 392 valence electrons. The Hall–Kier alpha value is -6.52. The van der Waals surface area contributed by atoms with Crippen LogP contribution < -0.4 is 11.1 Å². The van der Waals surface area contributed by atoms with Crippen LogP contribution in [0.4, 0.5) is 23.7 Å². The molecule has 1 aromatic carbocycles. The molecule has 0 unspecified atom stereocenters. The molecule has 3 aliphatic heterocycles. The second kappa shape index (κ2) is 20.4. The van der Waals surface area contributed by atoms with Crippen LogP contribution in [0, 0.1) is 11.8 Å². The van der Waals surface area contributed by atoms with Crippen LogP contribution in [0.5, 0.6) is 0 Å². The Bertz CT molecular complexity index is 2900. The van der Waals surface area contributed by atoms with Gasteiger partial charge in [0.1, 0.15) is 11.2 Å². The van der Waals surface area contributed by atoms with Gasteiger partial charge in [0, 0.05) is 102 Å². The van der Waals surface area contributed by atoms with Crippen LogP contribution in [0.15, 0.2) is 55.0 Å². The van der Waals surface area contributed by atoms with Crippen LogP contribution in [0.2, 0.25) is 5.02 Å². The number of piperidine rings is 1. The van der Waals surface area contributed by atoms with Crippen LogP contribution in [0.25, 0.3) is 28.1 Å². The van der Waals surface area contributed by atoms with Gasteiger partial charge in [-0.15, -0.1) is 0 Å². The topological polar surface area (TPSA) is 205 Å². The van der Waals surface area contributed by atoms with E-state index in [1.54, 1.807) is 39.1 Å². The number of amides is 4. The third-order valence-electron chi connectivity index (χ3n) is 13.4. The lowest BCUT2D eigenvalue weighted by atomic mass is 9.90. The van der Waals surface area contributed by atoms with Crippen LogP contribution in [-0.4, -0.2) is 161 Å². The lowest BCUT2D eigenvalue weighted by Crippen LogP contribution is -2.64. The largest absolute Gasteiger partial charge is 0.456 e. The van der Waals surface area contributed by atoms with Crippen molar-refractivity contribution in [2.75, 3.05) is 77.3 Å². The van der Waals surface area contributed by atoms with Gasteiger partial charge >= 0.3 is 18.2 Å². The number of alkyl halides is 3. The zero-order chi connectivity index (χ0) is 52.8. The monoisotopic (exact) mass is 1040 g/mol. The van der Waals surface area contributed by atoms with Gasteiger partial charge < -0.3 is 48.8 Å². The SMILES string of the molecule is Cn1c(-c2cn(-c3ccc4c(ccn4CCN)n3)nc2C(F)(F)F)cnc1C(=O)Nc1ccc(C(=O)N2CCN(C(=O)C3CC[N+](CC(=O)OC(C)(C)C)(CC4CN(C(=O)OC(C)(C)C)C4)CC3)CC2)c(Cl)c1. The van der Waals surface area contributed by atoms with E-state index < -0.39 is 29.0 Å². The number of ether oxygens (including phenoxy) is 2. The summed E-state index contributed by atoms with van der Waals surface area (Å²) in [6.45, 7) is 16.2. The number of nitrogens with zero attached hydrogens (tertiary/aromatic N) is 10. The lowest BCUT2D eigenvalue weighted by molar-refractivity contribution is -0.930. The summed E-state index contributed by atoms with van der Waals surface area (Å²) < 4.78 is 59.2. The van der Waals surface area contributed by atoms with Gasteiger partial charge in [-0.2, -0.15) is 18.3 Å². The van der Waals surface area contributed by atoms with Gasteiger partial charge in [-0.05, 0) is 77.9 Å². The molecule has 7 heterocycles. The van der Waals surface area contributed by atoms with E-state index in [0.29, 0.717) is 81.7 Å². The first-order chi connectivity index (χ1) is 34.3. The lowest BCUT2D eigenvalue weighted by Gasteiger charge is -2.49. The van der Waals surface area contributed by atoms with Crippen molar-refractivity contribution in [3.05, 3.63) is 77.1 Å². The molecule has 0 aliphatic carbocycles. The Labute approximate surface area is 425 Å².